The molecule has 41 heavy (non-hydrogen) atoms. The van der Waals surface area contributed by atoms with Crippen LogP contribution in [0.5, 0.6) is 0 Å². The van der Waals surface area contributed by atoms with Crippen molar-refractivity contribution in [3.63, 3.8) is 0 Å². The van der Waals surface area contributed by atoms with Crippen molar-refractivity contribution < 1.29 is 27.5 Å². The van der Waals surface area contributed by atoms with E-state index in [9.17, 15) is 22.8 Å². The lowest BCUT2D eigenvalue weighted by molar-refractivity contribution is -0.128. The predicted molar refractivity (Wildman–Crippen MR) is 146 cm³/mol. The van der Waals surface area contributed by atoms with Gasteiger partial charge in [0.15, 0.2) is 10.8 Å². The molecule has 0 unspecified atom stereocenters. The standard InChI is InChI=1S/C26H25ClF3N7O3S/c1-2-40-26(39)32-12-15-4-6-20(38)36(15)13-19-21(18-7-9-37(35-18)25(29)30)22(16-5-3-14(28)11-17(16)27)34-23(33-19)24-31-8-10-41-24/h3,5,7-11,15,22,25H,2,4,6,12-13H2,1H3,(H,32,39)(H,33,34)/t15-,22-/m0/s1. The third kappa shape index (κ3) is 6.22. The summed E-state index contributed by atoms with van der Waals surface area (Å²) in [5.41, 5.74) is 1.42. The number of hydrogen-bond donors (Lipinski definition) is 2. The van der Waals surface area contributed by atoms with Crippen LogP contribution < -0.4 is 10.6 Å². The lowest BCUT2D eigenvalue weighted by Gasteiger charge is -2.32. The molecule has 2 aliphatic heterocycles. The number of likely N-dealkylation sites (tertiary alicyclic amines) is 1. The van der Waals surface area contributed by atoms with Crippen LogP contribution in [0.4, 0.5) is 18.0 Å². The van der Waals surface area contributed by atoms with Gasteiger partial charge in [0.1, 0.15) is 11.9 Å². The first-order chi connectivity index (χ1) is 19.7. The monoisotopic (exact) mass is 607 g/mol. The number of ether oxygens (including phenoxy) is 1. The SMILES string of the molecule is CCOC(=O)NC[C@@H]1CCC(=O)N1CC1=C(c2ccn(C(F)F)n2)[C@H](c2ccc(F)cc2Cl)N=C(c2nccs2)N1. The van der Waals surface area contributed by atoms with Gasteiger partial charge in [0.25, 0.3) is 0 Å². The van der Waals surface area contributed by atoms with Gasteiger partial charge in [-0.3, -0.25) is 9.79 Å². The van der Waals surface area contributed by atoms with Crippen molar-refractivity contribution in [2.75, 3.05) is 19.7 Å². The zero-order valence-electron chi connectivity index (χ0n) is 21.7. The van der Waals surface area contributed by atoms with Crippen molar-refractivity contribution in [3.8, 4) is 0 Å². The number of aliphatic imine (C=N–C) groups is 1. The van der Waals surface area contributed by atoms with Gasteiger partial charge in [-0.1, -0.05) is 17.7 Å². The lowest BCUT2D eigenvalue weighted by atomic mass is 9.93. The number of amides is 2. The second-order valence-corrected chi connectivity index (χ2v) is 10.5. The molecule has 15 heteroatoms. The third-order valence-corrected chi connectivity index (χ3v) is 7.75. The minimum atomic E-state index is -2.88. The summed E-state index contributed by atoms with van der Waals surface area (Å²) in [6, 6.07) is 4.03. The molecule has 1 saturated heterocycles. The Morgan fingerprint density at radius 3 is 2.85 bits per heavy atom. The number of carbonyl (C=O) groups excluding carboxylic acids is 2. The highest BCUT2D eigenvalue weighted by Gasteiger charge is 2.36. The Bertz CT molecular complexity index is 1490. The number of aromatic nitrogens is 3. The van der Waals surface area contributed by atoms with Crippen molar-refractivity contribution in [1.82, 2.24) is 30.3 Å². The van der Waals surface area contributed by atoms with Crippen LogP contribution in [0.25, 0.3) is 5.57 Å². The van der Waals surface area contributed by atoms with Gasteiger partial charge in [0.05, 0.1) is 24.9 Å². The van der Waals surface area contributed by atoms with E-state index in [0.717, 1.165) is 12.3 Å². The number of thiazole rings is 1. The van der Waals surface area contributed by atoms with Gasteiger partial charge in [-0.05, 0) is 31.5 Å². The zero-order valence-corrected chi connectivity index (χ0v) is 23.3. The predicted octanol–water partition coefficient (Wildman–Crippen LogP) is 4.77. The molecule has 0 radical (unpaired) electrons. The van der Waals surface area contributed by atoms with Crippen LogP contribution >= 0.6 is 22.9 Å². The summed E-state index contributed by atoms with van der Waals surface area (Å²) in [7, 11) is 0. The normalized spacial score (nSPS) is 19.0. The van der Waals surface area contributed by atoms with Crippen LogP contribution in [-0.2, 0) is 9.53 Å². The molecule has 10 nitrogen and oxygen atoms in total. The van der Waals surface area contributed by atoms with Gasteiger partial charge in [0.2, 0.25) is 5.91 Å². The highest BCUT2D eigenvalue weighted by atomic mass is 35.5. The number of alkyl carbamates (subject to hydrolysis) is 1. The summed E-state index contributed by atoms with van der Waals surface area (Å²) in [6.07, 6.45) is 2.91. The molecule has 216 valence electrons. The molecule has 2 N–H and O–H groups in total. The van der Waals surface area contributed by atoms with Crippen molar-refractivity contribution in [2.45, 2.75) is 38.4 Å². The molecule has 0 saturated carbocycles. The molecule has 2 aromatic heterocycles. The largest absolute Gasteiger partial charge is 0.450 e. The maximum atomic E-state index is 14.0. The molecule has 0 aliphatic carbocycles. The Morgan fingerprint density at radius 1 is 1.34 bits per heavy atom. The summed E-state index contributed by atoms with van der Waals surface area (Å²) in [5, 5.41) is 12.4. The molecule has 2 amide bonds. The summed E-state index contributed by atoms with van der Waals surface area (Å²) in [5.74, 6) is -0.337. The Morgan fingerprint density at radius 2 is 2.17 bits per heavy atom. The van der Waals surface area contributed by atoms with Crippen LogP contribution in [0, 0.1) is 5.82 Å². The number of nitrogens with zero attached hydrogens (tertiary/aromatic N) is 5. The maximum Gasteiger partial charge on any atom is 0.407 e. The van der Waals surface area contributed by atoms with Crippen LogP contribution in [-0.4, -0.2) is 63.2 Å². The Labute approximate surface area is 241 Å². The highest BCUT2D eigenvalue weighted by molar-refractivity contribution is 7.11. The number of benzene rings is 1. The molecule has 2 aliphatic rings. The smallest absolute Gasteiger partial charge is 0.407 e. The summed E-state index contributed by atoms with van der Waals surface area (Å²) < 4.78 is 46.5. The van der Waals surface area contributed by atoms with Crippen LogP contribution in [0.15, 0.2) is 52.7 Å². The van der Waals surface area contributed by atoms with E-state index in [-0.39, 0.29) is 48.8 Å². The molecular formula is C26H25ClF3N7O3S. The molecule has 5 rings (SSSR count). The highest BCUT2D eigenvalue weighted by Crippen LogP contribution is 2.41. The minimum Gasteiger partial charge on any atom is -0.450 e. The molecule has 3 aromatic rings. The fourth-order valence-electron chi connectivity index (χ4n) is 4.78. The van der Waals surface area contributed by atoms with Gasteiger partial charge in [-0.15, -0.1) is 11.3 Å². The number of amidine groups is 1. The summed E-state index contributed by atoms with van der Waals surface area (Å²) in [6.45, 7) is -0.811. The quantitative estimate of drug-likeness (QED) is 0.362. The van der Waals surface area contributed by atoms with E-state index in [2.05, 4.69) is 20.7 Å². The second kappa shape index (κ2) is 12.3. The number of carbonyl (C=O) groups is 2. The van der Waals surface area contributed by atoms with Crippen molar-refractivity contribution >= 4 is 46.3 Å². The van der Waals surface area contributed by atoms with Gasteiger partial charge in [0, 0.05) is 52.6 Å². The van der Waals surface area contributed by atoms with Crippen molar-refractivity contribution in [1.29, 1.82) is 0 Å². The van der Waals surface area contributed by atoms with Crippen LogP contribution in [0.1, 0.15) is 48.6 Å². The molecule has 2 atom stereocenters. The fourth-order valence-corrected chi connectivity index (χ4v) is 5.64. The van der Waals surface area contributed by atoms with E-state index >= 15 is 0 Å². The van der Waals surface area contributed by atoms with Crippen molar-refractivity contribution in [3.05, 3.63) is 74.8 Å². The lowest BCUT2D eigenvalue weighted by Crippen LogP contribution is -2.45. The molecule has 0 bridgehead atoms. The molecule has 1 aromatic carbocycles. The average Bonchev–Trinajstić information content (AvgIpc) is 3.70. The maximum absolute atomic E-state index is 14.0. The summed E-state index contributed by atoms with van der Waals surface area (Å²) in [4.78, 5) is 35.7. The van der Waals surface area contributed by atoms with Gasteiger partial charge >= 0.3 is 12.6 Å². The fraction of sp³-hybridized carbons (Fsp3) is 0.346. The van der Waals surface area contributed by atoms with E-state index in [1.54, 1.807) is 23.4 Å². The van der Waals surface area contributed by atoms with E-state index in [0.29, 0.717) is 38.8 Å². The van der Waals surface area contributed by atoms with Gasteiger partial charge in [-0.25, -0.2) is 18.9 Å². The number of nitrogens with one attached hydrogen (secondary N) is 2. The Hall–Kier alpha value is -3.91. The van der Waals surface area contributed by atoms with Gasteiger partial charge in [-0.2, -0.15) is 13.9 Å². The van der Waals surface area contributed by atoms with Crippen molar-refractivity contribution in [2.24, 2.45) is 4.99 Å². The number of halogens is 4. The molecule has 4 heterocycles. The zero-order chi connectivity index (χ0) is 29.1. The summed E-state index contributed by atoms with van der Waals surface area (Å²) >= 11 is 7.80. The first-order valence-electron chi connectivity index (χ1n) is 12.7. The molecule has 0 spiro atoms. The number of hydrogen-bond acceptors (Lipinski definition) is 8. The Balaban J connectivity index is 1.60. The first-order valence-corrected chi connectivity index (χ1v) is 14.0. The molecule has 1 fully saturated rings. The van der Waals surface area contributed by atoms with E-state index in [1.807, 2.05) is 0 Å². The number of rotatable bonds is 9. The van der Waals surface area contributed by atoms with Crippen LogP contribution in [0.2, 0.25) is 5.02 Å². The second-order valence-electron chi connectivity index (χ2n) is 9.17. The van der Waals surface area contributed by atoms with E-state index in [4.69, 9.17) is 21.3 Å². The topological polar surface area (TPSA) is 114 Å². The van der Waals surface area contributed by atoms with Crippen LogP contribution in [0.3, 0.4) is 0 Å². The van der Waals surface area contributed by atoms with E-state index < -0.39 is 24.5 Å². The van der Waals surface area contributed by atoms with Gasteiger partial charge < -0.3 is 20.3 Å². The molecular weight excluding hydrogens is 583 g/mol. The first kappa shape index (κ1) is 28.6. The average molecular weight is 608 g/mol. The Kier molecular flexibility index (Phi) is 8.59. The number of alkyl halides is 2. The minimum absolute atomic E-state index is 0.0184. The van der Waals surface area contributed by atoms with E-state index in [1.165, 1.54) is 29.5 Å². The third-order valence-electron chi connectivity index (χ3n) is 6.64.